The molecular formula is C124H240N8O16. The van der Waals surface area contributed by atoms with Gasteiger partial charge in [0.2, 0.25) is 0 Å². The Hall–Kier alpha value is -0.960. The minimum absolute atomic E-state index is 0.0113. The number of hydrogen-bond donors (Lipinski definition) is 8. The van der Waals surface area contributed by atoms with Crippen LogP contribution in [0.3, 0.4) is 0 Å². The third-order valence-electron chi connectivity index (χ3n) is 36.1. The van der Waals surface area contributed by atoms with Gasteiger partial charge >= 0.3 is 0 Å². The van der Waals surface area contributed by atoms with E-state index in [9.17, 15) is 0 Å². The van der Waals surface area contributed by atoms with Crippen molar-refractivity contribution in [2.75, 3.05) is 187 Å². The van der Waals surface area contributed by atoms with Crippen molar-refractivity contribution in [3.63, 3.8) is 0 Å². The predicted octanol–water partition coefficient (Wildman–Crippen LogP) is 25.7. The van der Waals surface area contributed by atoms with Crippen LogP contribution in [0.1, 0.15) is 464 Å². The molecule has 8 bridgehead atoms. The van der Waals surface area contributed by atoms with Crippen LogP contribution in [0.2, 0.25) is 0 Å². The molecule has 9 rings (SSSR count). The highest BCUT2D eigenvalue weighted by Gasteiger charge is 2.59. The van der Waals surface area contributed by atoms with E-state index in [-0.39, 0.29) is 97.4 Å². The molecule has 0 amide bonds. The summed E-state index contributed by atoms with van der Waals surface area (Å²) >= 11 is 0. The molecule has 0 spiro atoms. The average Bonchev–Trinajstić information content (AvgIpc) is 1.59. The van der Waals surface area contributed by atoms with Crippen molar-refractivity contribution in [3.8, 4) is 0 Å². The summed E-state index contributed by atoms with van der Waals surface area (Å²) in [5.74, 6) is 5.52. The number of methoxy groups -OCH3 is 4. The molecule has 0 aromatic carbocycles. The summed E-state index contributed by atoms with van der Waals surface area (Å²) in [5, 5.41) is 37.3. The SMILES string of the molecule is CCCCCCCCCCCCCCCCC1CC2C3NC(NC4NC(NC5NC(NC6NC(N3)C3CC(OCCOCCOCCOC)C(OCCOCCOCCOC)CC63)C3CC(CCCCCCCCCCCCCCCC)C(CCCCCCCCCCCCCCCC)CC53)C3CC(OCCOCCOCCOC)C(OCCOCCOCCOC)CC43)C2CC1CCCCCCCCCCCCCCCC. The molecule has 9 fully saturated rings. The second-order valence-corrected chi connectivity index (χ2v) is 47.4. The number of rotatable bonds is 100. The minimum Gasteiger partial charge on any atom is -0.382 e. The zero-order valence-electron chi connectivity index (χ0n) is 97.4. The Balaban J connectivity index is 1.05. The highest BCUT2D eigenvalue weighted by molar-refractivity contribution is 5.12. The smallest absolute Gasteiger partial charge is 0.0841 e. The van der Waals surface area contributed by atoms with Gasteiger partial charge in [-0.1, -0.05) is 413 Å². The molecule has 8 N–H and O–H groups in total. The number of nitrogens with one attached hydrogen (secondary N) is 8. The van der Waals surface area contributed by atoms with Crippen molar-refractivity contribution in [2.24, 2.45) is 71.0 Å². The van der Waals surface area contributed by atoms with Gasteiger partial charge in [0.05, 0.1) is 232 Å². The van der Waals surface area contributed by atoms with Crippen LogP contribution in [0.4, 0.5) is 0 Å². The molecular weight excluding hydrogens is 1860 g/mol. The molecule has 872 valence electrons. The van der Waals surface area contributed by atoms with Gasteiger partial charge in [-0.25, -0.2) is 0 Å². The number of hydrogen-bond acceptors (Lipinski definition) is 24. The number of unbranched alkanes of at least 4 members (excludes halogenated alkanes) is 52. The predicted molar refractivity (Wildman–Crippen MR) is 607 cm³/mol. The van der Waals surface area contributed by atoms with Gasteiger partial charge in [-0.3, -0.25) is 42.5 Å². The Morgan fingerprint density at radius 1 is 0.142 bits per heavy atom. The molecule has 9 aliphatic rings. The fourth-order valence-electron chi connectivity index (χ4n) is 27.6. The summed E-state index contributed by atoms with van der Waals surface area (Å²) in [6, 6.07) is 0. The van der Waals surface area contributed by atoms with E-state index >= 15 is 0 Å². The van der Waals surface area contributed by atoms with Gasteiger partial charge in [-0.2, -0.15) is 0 Å². The maximum Gasteiger partial charge on any atom is 0.0841 e. The molecule has 4 aliphatic carbocycles. The average molecular weight is 2100 g/mol. The summed E-state index contributed by atoms with van der Waals surface area (Å²) in [7, 11) is 6.89. The molecule has 5 heterocycles. The number of fused-ring (bicyclic) bond motifs is 20. The molecule has 0 radical (unpaired) electrons. The quantitative estimate of drug-likeness (QED) is 0.0264. The lowest BCUT2D eigenvalue weighted by Gasteiger charge is -2.44. The fourth-order valence-corrected chi connectivity index (χ4v) is 27.6. The normalized spacial score (nSPS) is 28.4. The highest BCUT2D eigenvalue weighted by atomic mass is 16.6. The van der Waals surface area contributed by atoms with Crippen molar-refractivity contribution < 1.29 is 75.8 Å². The molecule has 24 unspecified atom stereocenters. The van der Waals surface area contributed by atoms with Crippen LogP contribution >= 0.6 is 0 Å². The molecule has 0 aromatic heterocycles. The molecule has 5 aliphatic heterocycles. The van der Waals surface area contributed by atoms with Gasteiger partial charge in [0, 0.05) is 28.4 Å². The molecule has 148 heavy (non-hydrogen) atoms. The van der Waals surface area contributed by atoms with Crippen molar-refractivity contribution in [1.82, 2.24) is 42.5 Å². The topological polar surface area (TPSA) is 244 Å². The summed E-state index contributed by atoms with van der Waals surface area (Å²) in [6.45, 7) is 21.8. The maximum atomic E-state index is 7.25. The summed E-state index contributed by atoms with van der Waals surface area (Å²) in [5.41, 5.74) is 0. The van der Waals surface area contributed by atoms with Gasteiger partial charge in [0.1, 0.15) is 0 Å². The third-order valence-corrected chi connectivity index (χ3v) is 36.1. The van der Waals surface area contributed by atoms with Crippen molar-refractivity contribution in [1.29, 1.82) is 0 Å². The Morgan fingerprint density at radius 3 is 0.405 bits per heavy atom. The first-order chi connectivity index (χ1) is 73.3. The van der Waals surface area contributed by atoms with Crippen LogP contribution in [0, 0.1) is 71.0 Å². The van der Waals surface area contributed by atoms with Gasteiger partial charge in [0.25, 0.3) is 0 Å². The van der Waals surface area contributed by atoms with E-state index in [4.69, 9.17) is 97.1 Å². The monoisotopic (exact) mass is 2100 g/mol. The van der Waals surface area contributed by atoms with Crippen molar-refractivity contribution in [2.45, 2.75) is 538 Å². The molecule has 0 aromatic rings. The zero-order valence-corrected chi connectivity index (χ0v) is 97.4. The first-order valence-corrected chi connectivity index (χ1v) is 64.4. The van der Waals surface area contributed by atoms with E-state index < -0.39 is 0 Å². The molecule has 24 nitrogen and oxygen atoms in total. The van der Waals surface area contributed by atoms with E-state index in [0.29, 0.717) is 206 Å². The van der Waals surface area contributed by atoms with E-state index in [2.05, 4.69) is 49.0 Å². The molecule has 24 heteroatoms. The van der Waals surface area contributed by atoms with Crippen LogP contribution in [-0.4, -0.2) is 261 Å². The van der Waals surface area contributed by atoms with Gasteiger partial charge in [0.15, 0.2) is 0 Å². The standard InChI is InChI=1S/C124H240N8O16/c1-9-13-17-21-25-29-33-37-41-45-49-53-57-61-65-101-93-105-106(94-102(101)66-62-58-54-50-46-42-38-34-30-26-22-18-14-10-2)118-125-117(105)127-121-109-97-113(145-89-85-141-81-77-137-73-69-133-5)114(146-90-86-142-82-78-138-74-70-134-6)98-110(109)123(131-121)129-119-107-95-103(67-63-59-55-51-47-43-39-35-31-27-23-19-15-11-3)104(68-64-60-56-52-48-44-40-36-32-28-24-20-16-12-4)96-108(107)120(126-119)130-124-112-100-116(148-92-88-144-84-80-140-76-72-136-8)115(99-111(112)122(128-118)132-124)147-91-87-143-83-79-139-75-71-135-7/h101-132H,9-100H2,1-8H3. The van der Waals surface area contributed by atoms with Crippen LogP contribution in [0.5, 0.6) is 0 Å². The number of ether oxygens (including phenoxy) is 16. The second kappa shape index (κ2) is 87.8. The van der Waals surface area contributed by atoms with E-state index in [1.165, 1.54) is 411 Å². The van der Waals surface area contributed by atoms with Crippen LogP contribution in [-0.2, 0) is 75.8 Å². The zero-order chi connectivity index (χ0) is 104. The highest BCUT2D eigenvalue weighted by Crippen LogP contribution is 2.53. The van der Waals surface area contributed by atoms with E-state index in [0.717, 1.165) is 25.7 Å². The Morgan fingerprint density at radius 2 is 0.264 bits per heavy atom. The molecule has 4 saturated carbocycles. The van der Waals surface area contributed by atoms with Crippen molar-refractivity contribution in [3.05, 3.63) is 0 Å². The largest absolute Gasteiger partial charge is 0.382 e. The summed E-state index contributed by atoms with van der Waals surface area (Å²) in [4.78, 5) is 0. The Kier molecular flexibility index (Phi) is 77.4. The van der Waals surface area contributed by atoms with E-state index in [1.54, 1.807) is 28.4 Å². The molecule has 5 saturated heterocycles. The van der Waals surface area contributed by atoms with Gasteiger partial charge in [-0.05, 0) is 122 Å². The van der Waals surface area contributed by atoms with Crippen LogP contribution < -0.4 is 42.5 Å². The van der Waals surface area contributed by atoms with E-state index in [1.807, 2.05) is 0 Å². The minimum atomic E-state index is -0.142. The third kappa shape index (κ3) is 54.5. The first kappa shape index (κ1) is 130. The van der Waals surface area contributed by atoms with Crippen LogP contribution in [0.25, 0.3) is 0 Å². The van der Waals surface area contributed by atoms with Gasteiger partial charge < -0.3 is 75.8 Å². The van der Waals surface area contributed by atoms with Crippen molar-refractivity contribution >= 4 is 0 Å². The molecule has 24 atom stereocenters. The lowest BCUT2D eigenvalue weighted by Crippen LogP contribution is -2.61. The Bertz CT molecular complexity index is 2570. The first-order valence-electron chi connectivity index (χ1n) is 64.4. The Labute approximate surface area is 909 Å². The second-order valence-electron chi connectivity index (χ2n) is 47.4. The maximum absolute atomic E-state index is 7.25. The summed E-state index contributed by atoms with van der Waals surface area (Å²) in [6.07, 6.45) is 91.7. The fraction of sp³-hybridized carbons (Fsp3) is 1.00. The summed E-state index contributed by atoms with van der Waals surface area (Å²) < 4.78 is 98.8. The lowest BCUT2D eigenvalue weighted by atomic mass is 9.65. The lowest BCUT2D eigenvalue weighted by molar-refractivity contribution is -0.131. The van der Waals surface area contributed by atoms with Gasteiger partial charge in [-0.15, -0.1) is 0 Å². The van der Waals surface area contributed by atoms with Crippen LogP contribution in [0.15, 0.2) is 0 Å².